The quantitative estimate of drug-likeness (QED) is 0.363. The third kappa shape index (κ3) is 23.9. The van der Waals surface area contributed by atoms with Crippen LogP contribution >= 0.6 is 0 Å². The minimum Gasteiger partial charge on any atom is -0.790 e. The zero-order valence-electron chi connectivity index (χ0n) is 17.2. The van der Waals surface area contributed by atoms with Gasteiger partial charge in [-0.15, -0.1) is 0 Å². The van der Waals surface area contributed by atoms with Gasteiger partial charge in [0.15, 0.2) is 0 Å². The summed E-state index contributed by atoms with van der Waals surface area (Å²) in [4.78, 5) is 0. The normalized spacial score (nSPS) is 11.9. The molecule has 28 heavy (non-hydrogen) atoms. The summed E-state index contributed by atoms with van der Waals surface area (Å²) >= 11 is 9.24. The molecule has 0 atom stereocenters. The zero-order chi connectivity index (χ0) is 20.3. The molecule has 0 saturated heterocycles. The summed E-state index contributed by atoms with van der Waals surface area (Å²) < 4.78 is 0. The molecule has 148 valence electrons. The van der Waals surface area contributed by atoms with Gasteiger partial charge in [0, 0.05) is 0 Å². The maximum atomic E-state index is 4.62. The van der Waals surface area contributed by atoms with Crippen LogP contribution in [0.2, 0.25) is 0 Å². The van der Waals surface area contributed by atoms with Gasteiger partial charge in [-0.05, 0) is 56.1 Å². The van der Waals surface area contributed by atoms with E-state index in [1.807, 2.05) is 96.2 Å². The van der Waals surface area contributed by atoms with E-state index in [2.05, 4.69) is 62.4 Å². The first-order valence-corrected chi connectivity index (χ1v) is 10.1. The molecule has 0 aliphatic heterocycles. The average molecular weight is 489 g/mol. The minimum atomic E-state index is 0. The monoisotopic (exact) mass is 488 g/mol. The summed E-state index contributed by atoms with van der Waals surface area (Å²) in [5, 5.41) is 0.833. The van der Waals surface area contributed by atoms with Gasteiger partial charge in [-0.3, -0.25) is 0 Å². The van der Waals surface area contributed by atoms with Crippen molar-refractivity contribution in [2.45, 2.75) is 38.2 Å². The van der Waals surface area contributed by atoms with Crippen molar-refractivity contribution in [3.05, 3.63) is 117 Å². The van der Waals surface area contributed by atoms with Crippen LogP contribution in [-0.4, -0.2) is 10.5 Å². The van der Waals surface area contributed by atoms with Crippen molar-refractivity contribution in [3.63, 3.8) is 0 Å². The zero-order valence-corrected chi connectivity index (χ0v) is 21.1. The van der Waals surface area contributed by atoms with Crippen molar-refractivity contribution in [3.8, 4) is 0 Å². The Bertz CT molecular complexity index is 464. The van der Waals surface area contributed by atoms with Crippen LogP contribution in [0, 0.1) is 44.9 Å². The Hall–Kier alpha value is -0.120. The van der Waals surface area contributed by atoms with Crippen LogP contribution in [0.25, 0.3) is 0 Å². The Morgan fingerprint density at radius 1 is 0.536 bits per heavy atom. The average Bonchev–Trinajstić information content (AvgIpc) is 3.21. The third-order valence-corrected chi connectivity index (χ3v) is 2.62. The first-order chi connectivity index (χ1) is 12.9. The van der Waals surface area contributed by atoms with Gasteiger partial charge in [-0.2, -0.15) is 10.5 Å². The Balaban J connectivity index is 0. The van der Waals surface area contributed by atoms with E-state index in [9.17, 15) is 0 Å². The minimum absolute atomic E-state index is 0. The fraction of sp³-hybridized carbons (Fsp3) is 0.240. The van der Waals surface area contributed by atoms with Crippen molar-refractivity contribution in [2.75, 3.05) is 0 Å². The number of benzene rings is 2. The second kappa shape index (κ2) is 21.6. The molecule has 0 bridgehead atoms. The fourth-order valence-electron chi connectivity index (χ4n) is 1.64. The van der Waals surface area contributed by atoms with Crippen LogP contribution in [-0.2, 0) is 47.6 Å². The van der Waals surface area contributed by atoms with Crippen LogP contribution in [0.5, 0.6) is 0 Å². The van der Waals surface area contributed by atoms with Crippen molar-refractivity contribution in [1.82, 2.24) is 0 Å². The molecule has 3 heteroatoms. The van der Waals surface area contributed by atoms with Crippen molar-refractivity contribution in [1.29, 1.82) is 0 Å². The molecule has 0 heterocycles. The van der Waals surface area contributed by atoms with Crippen LogP contribution in [0.3, 0.4) is 0 Å². The summed E-state index contributed by atoms with van der Waals surface area (Å²) in [7, 11) is 0. The van der Waals surface area contributed by atoms with E-state index in [1.165, 1.54) is 11.1 Å². The molecule has 1 saturated carbocycles. The van der Waals surface area contributed by atoms with Gasteiger partial charge in [0.05, 0.1) is 0 Å². The fourth-order valence-corrected chi connectivity index (χ4v) is 1.64. The van der Waals surface area contributed by atoms with Gasteiger partial charge < -0.3 is 25.3 Å². The van der Waals surface area contributed by atoms with Crippen LogP contribution in [0.15, 0.2) is 60.7 Å². The Kier molecular flexibility index (Phi) is 23.2. The van der Waals surface area contributed by atoms with Crippen molar-refractivity contribution >= 4 is 25.3 Å². The molecule has 2 aromatic carbocycles. The summed E-state index contributed by atoms with van der Waals surface area (Å²) in [6, 6.07) is 20.6. The van der Waals surface area contributed by atoms with Gasteiger partial charge in [0.2, 0.25) is 0 Å². The van der Waals surface area contributed by atoms with E-state index in [0.717, 1.165) is 0 Å². The molecular formula is C25H31NbS2. The molecule has 0 spiro atoms. The van der Waals surface area contributed by atoms with E-state index in [0.29, 0.717) is 10.5 Å². The molecule has 0 amide bonds. The van der Waals surface area contributed by atoms with E-state index >= 15 is 0 Å². The van der Waals surface area contributed by atoms with Crippen molar-refractivity contribution < 1.29 is 22.4 Å². The predicted molar refractivity (Wildman–Crippen MR) is 126 cm³/mol. The van der Waals surface area contributed by atoms with E-state index in [1.54, 1.807) is 0 Å². The first-order valence-electron chi connectivity index (χ1n) is 9.18. The van der Waals surface area contributed by atoms with Crippen LogP contribution < -0.4 is 0 Å². The molecular weight excluding hydrogens is 457 g/mol. The van der Waals surface area contributed by atoms with Gasteiger partial charge in [-0.1, -0.05) is 88.4 Å². The topological polar surface area (TPSA) is 0 Å². The van der Waals surface area contributed by atoms with E-state index in [-0.39, 0.29) is 22.4 Å². The maximum Gasteiger partial charge on any atom is 2.00 e. The van der Waals surface area contributed by atoms with E-state index in [4.69, 9.17) is 0 Å². The van der Waals surface area contributed by atoms with Crippen LogP contribution in [0.4, 0.5) is 0 Å². The molecule has 0 nitrogen and oxygen atoms in total. The van der Waals surface area contributed by atoms with Gasteiger partial charge in [0.1, 0.15) is 0 Å². The summed E-state index contributed by atoms with van der Waals surface area (Å²) in [6.45, 7) is 7.93. The predicted octanol–water partition coefficient (Wildman–Crippen LogP) is 6.39. The smallest absolute Gasteiger partial charge is 0.790 e. The molecule has 1 aliphatic rings. The molecule has 0 unspecified atom stereocenters. The largest absolute Gasteiger partial charge is 2.00 e. The van der Waals surface area contributed by atoms with Crippen LogP contribution in [0.1, 0.15) is 38.8 Å². The molecule has 0 N–H and O–H groups in total. The molecule has 1 aliphatic carbocycles. The number of hydrogen-bond acceptors (Lipinski definition) is 2. The van der Waals surface area contributed by atoms with E-state index < -0.39 is 0 Å². The molecule has 1 fully saturated rings. The van der Waals surface area contributed by atoms with Gasteiger partial charge in [-0.25, -0.2) is 0 Å². The molecule has 0 aromatic heterocycles. The molecule has 3 rings (SSSR count). The first kappa shape index (κ1) is 30.1. The summed E-state index contributed by atoms with van der Waals surface area (Å²) in [5.41, 5.74) is 2.47. The maximum absolute atomic E-state index is 4.62. The Labute approximate surface area is 201 Å². The standard InChI is InChI=1S/C14H12.C5H5.2C3H8S.Nb/c1-3-7-13(8-4-1)11-12-14-9-5-2-6-10-14;1-2-4-5-3-1;2*1-3(2)4;/h1-12H;1-5H;2*3-4H,1-2H3;/q;;;;+2/p-2. The summed E-state index contributed by atoms with van der Waals surface area (Å²) in [5.74, 6) is 0. The second-order valence-electron chi connectivity index (χ2n) is 6.21. The molecule has 2 aromatic rings. The summed E-state index contributed by atoms with van der Waals surface area (Å²) in [6.07, 6.45) is 14.2. The number of hydrogen-bond donors (Lipinski definition) is 0. The van der Waals surface area contributed by atoms with Gasteiger partial charge >= 0.3 is 22.4 Å². The third-order valence-electron chi connectivity index (χ3n) is 2.62. The second-order valence-corrected chi connectivity index (χ2v) is 8.10. The Morgan fingerprint density at radius 2 is 0.750 bits per heavy atom. The van der Waals surface area contributed by atoms with Crippen molar-refractivity contribution in [2.24, 2.45) is 0 Å². The Morgan fingerprint density at radius 3 is 0.964 bits per heavy atom. The SMILES string of the molecule is CC(C)[S-].CC(C)[S-].[CH]([CH]c1ccccc1)c1ccccc1.[CH]1[CH][CH][CH][CH]1.[Nb+2]. The van der Waals surface area contributed by atoms with Gasteiger partial charge in [0.25, 0.3) is 0 Å². The number of rotatable bonds is 3. The molecule has 8 radical (unpaired) electrons.